The molecular weight excluding hydrogens is 542 g/mol. The molecule has 0 N–H and O–H groups in total. The number of hydrogen-bond donors (Lipinski definition) is 0. The second-order valence-electron chi connectivity index (χ2n) is 10.00. The molecule has 0 atom stereocenters. The van der Waals surface area contributed by atoms with Gasteiger partial charge in [0.1, 0.15) is 0 Å². The summed E-state index contributed by atoms with van der Waals surface area (Å²) in [6.45, 7) is 0. The number of nitrogens with zero attached hydrogens (tertiary/aromatic N) is 6. The molecule has 0 radical (unpaired) electrons. The minimum atomic E-state index is -0.873. The maximum Gasteiger partial charge on any atom is 0.220 e. The molecule has 6 heterocycles. The van der Waals surface area contributed by atoms with Gasteiger partial charge in [0.25, 0.3) is 0 Å². The third kappa shape index (κ3) is 4.19. The second-order valence-corrected chi connectivity index (χ2v) is 13.8. The zero-order valence-corrected chi connectivity index (χ0v) is 24.1. The van der Waals surface area contributed by atoms with Crippen molar-refractivity contribution >= 4 is 38.6 Å². The lowest BCUT2D eigenvalue weighted by Crippen LogP contribution is -2.05. The first-order valence-corrected chi connectivity index (χ1v) is 16.1. The Labute approximate surface area is 240 Å². The van der Waals surface area contributed by atoms with Crippen LogP contribution in [0.15, 0.2) is 159 Å². The number of para-hydroxylation sites is 2. The van der Waals surface area contributed by atoms with Gasteiger partial charge >= 0.3 is 0 Å². The zero-order valence-electron chi connectivity index (χ0n) is 22.3. The second kappa shape index (κ2) is 10.2. The number of hydrogen-bond acceptors (Lipinski definition) is 0. The van der Waals surface area contributed by atoms with Crippen molar-refractivity contribution in [2.75, 3.05) is 0 Å². The average molecular weight is 571 g/mol. The summed E-state index contributed by atoms with van der Waals surface area (Å²) in [6.07, 6.45) is 22.9. The van der Waals surface area contributed by atoms with Gasteiger partial charge in [-0.1, -0.05) is 36.4 Å². The molecule has 0 unspecified atom stereocenters. The molecule has 200 valence electrons. The summed E-state index contributed by atoms with van der Waals surface area (Å²) in [5, 5.41) is 2.60. The predicted octanol–water partition coefficient (Wildman–Crippen LogP) is 8.74. The number of rotatable bonds is 8. The van der Waals surface area contributed by atoms with Gasteiger partial charge in [-0.05, 0) is 71.8 Å². The van der Waals surface area contributed by atoms with Crippen LogP contribution in [0.5, 0.6) is 0 Å². The highest BCUT2D eigenvalue weighted by atomic mass is 31.2. The van der Waals surface area contributed by atoms with Crippen LogP contribution in [0.2, 0.25) is 0 Å². The fourth-order valence-corrected chi connectivity index (χ4v) is 9.87. The van der Waals surface area contributed by atoms with E-state index in [1.54, 1.807) is 0 Å². The minimum Gasteiger partial charge on any atom is -0.298 e. The molecule has 0 amide bonds. The van der Waals surface area contributed by atoms with Crippen molar-refractivity contribution < 1.29 is 0 Å². The topological polar surface area (TPSA) is 29.6 Å². The van der Waals surface area contributed by atoms with Crippen LogP contribution in [0.25, 0.3) is 21.8 Å². The highest BCUT2D eigenvalue weighted by Gasteiger charge is 2.23. The van der Waals surface area contributed by atoms with Crippen LogP contribution in [0.1, 0.15) is 11.1 Å². The fourth-order valence-electron chi connectivity index (χ4n) is 5.71. The van der Waals surface area contributed by atoms with E-state index in [0.29, 0.717) is 0 Å². The van der Waals surface area contributed by atoms with E-state index in [9.17, 15) is 0 Å². The highest BCUT2D eigenvalue weighted by Crippen LogP contribution is 2.47. The summed E-state index contributed by atoms with van der Waals surface area (Å²) in [4.78, 5) is 0. The molecule has 6 aromatic heterocycles. The van der Waals surface area contributed by atoms with Crippen molar-refractivity contribution in [3.8, 4) is 0 Å². The number of benzene rings is 2. The fraction of sp³-hybridized carbons (Fsp3) is 0.0303. The monoisotopic (exact) mass is 570 g/mol. The van der Waals surface area contributed by atoms with Crippen molar-refractivity contribution in [1.29, 1.82) is 0 Å². The summed E-state index contributed by atoms with van der Waals surface area (Å²) in [7, 11) is -1.75. The summed E-state index contributed by atoms with van der Waals surface area (Å²) in [5.74, 6) is 0. The molecule has 8 rings (SSSR count). The quantitative estimate of drug-likeness (QED) is 0.164. The first-order valence-electron chi connectivity index (χ1n) is 13.7. The highest BCUT2D eigenvalue weighted by molar-refractivity contribution is 7.53. The van der Waals surface area contributed by atoms with Crippen LogP contribution in [-0.4, -0.2) is 26.0 Å². The third-order valence-electron chi connectivity index (χ3n) is 7.50. The molecule has 0 spiro atoms. The molecule has 0 aliphatic carbocycles. The minimum absolute atomic E-state index is 0.849. The van der Waals surface area contributed by atoms with Crippen LogP contribution in [0, 0.1) is 0 Å². The van der Waals surface area contributed by atoms with Gasteiger partial charge in [0.15, 0.2) is 0 Å². The van der Waals surface area contributed by atoms with Crippen LogP contribution >= 0.6 is 16.7 Å². The maximum atomic E-state index is 2.46. The smallest absolute Gasteiger partial charge is 0.220 e. The lowest BCUT2D eigenvalue weighted by Gasteiger charge is -2.22. The predicted molar refractivity (Wildman–Crippen MR) is 171 cm³/mol. The van der Waals surface area contributed by atoms with Gasteiger partial charge in [-0.3, -0.25) is 26.0 Å². The average Bonchev–Trinajstić information content (AvgIpc) is 3.85. The Kier molecular flexibility index (Phi) is 6.02. The van der Waals surface area contributed by atoms with Gasteiger partial charge in [-0.2, -0.15) is 0 Å². The van der Waals surface area contributed by atoms with Crippen molar-refractivity contribution in [2.24, 2.45) is 0 Å². The van der Waals surface area contributed by atoms with Gasteiger partial charge in [-0.15, -0.1) is 0 Å². The Morgan fingerprint density at radius 2 is 0.707 bits per heavy atom. The lowest BCUT2D eigenvalue weighted by molar-refractivity contribution is 1.06. The van der Waals surface area contributed by atoms with Crippen molar-refractivity contribution in [1.82, 2.24) is 26.0 Å². The standard InChI is InChI=1S/C33H28N6P2/c1-3-15-32-30(13-1)28(26-38(32)40(34-17-5-6-18-34)35-19-7-8-20-35)25-29-27-39(33-16-4-2-14-31(29)33)41(36-21-9-10-22-36)37-23-11-12-24-37/h1-24,26-27H,25H2. The van der Waals surface area contributed by atoms with E-state index in [-0.39, 0.29) is 0 Å². The van der Waals surface area contributed by atoms with Crippen molar-refractivity contribution in [3.05, 3.63) is 170 Å². The molecule has 8 heteroatoms. The van der Waals surface area contributed by atoms with E-state index < -0.39 is 16.7 Å². The Hall–Kier alpha value is -4.50. The molecule has 0 aliphatic heterocycles. The number of fused-ring (bicyclic) bond motifs is 2. The SMILES string of the molecule is c1ccc2c(c1)c(Cc1cn(P(n3cccc3)n3cccc3)c3ccccc13)cn2P(n1cccc1)n1cccc1. The molecule has 2 aromatic carbocycles. The summed E-state index contributed by atoms with van der Waals surface area (Å²) < 4.78 is 14.2. The Bertz CT molecular complexity index is 1810. The first-order chi connectivity index (χ1) is 20.3. The summed E-state index contributed by atoms with van der Waals surface area (Å²) >= 11 is 0. The Balaban J connectivity index is 1.28. The van der Waals surface area contributed by atoms with Gasteiger partial charge in [0.05, 0.1) is 11.0 Å². The van der Waals surface area contributed by atoms with E-state index in [1.807, 2.05) is 0 Å². The molecular formula is C33H28N6P2. The lowest BCUT2D eigenvalue weighted by atomic mass is 10.0. The Morgan fingerprint density at radius 1 is 0.390 bits per heavy atom. The van der Waals surface area contributed by atoms with Crippen LogP contribution < -0.4 is 0 Å². The normalized spacial score (nSPS) is 12.0. The van der Waals surface area contributed by atoms with E-state index in [1.165, 1.54) is 32.9 Å². The van der Waals surface area contributed by atoms with Gasteiger partial charge in [0, 0.05) is 79.2 Å². The third-order valence-corrected chi connectivity index (χ3v) is 11.6. The zero-order chi connectivity index (χ0) is 27.2. The van der Waals surface area contributed by atoms with Crippen LogP contribution in [0.4, 0.5) is 0 Å². The van der Waals surface area contributed by atoms with E-state index >= 15 is 0 Å². The van der Waals surface area contributed by atoms with Crippen molar-refractivity contribution in [2.45, 2.75) is 6.42 Å². The molecule has 0 bridgehead atoms. The molecule has 41 heavy (non-hydrogen) atoms. The molecule has 0 saturated heterocycles. The number of aromatic nitrogens is 6. The van der Waals surface area contributed by atoms with E-state index in [4.69, 9.17) is 0 Å². The van der Waals surface area contributed by atoms with Crippen molar-refractivity contribution in [3.63, 3.8) is 0 Å². The summed E-state index contributed by atoms with van der Waals surface area (Å²) in [5.41, 5.74) is 5.17. The van der Waals surface area contributed by atoms with E-state index in [0.717, 1.165) is 6.42 Å². The molecule has 8 aromatic rings. The maximum absolute atomic E-state index is 2.46. The largest absolute Gasteiger partial charge is 0.298 e. The molecule has 6 nitrogen and oxygen atoms in total. The summed E-state index contributed by atoms with van der Waals surface area (Å²) in [6, 6.07) is 34.5. The molecule has 0 saturated carbocycles. The van der Waals surface area contributed by atoms with E-state index in [2.05, 4.69) is 185 Å². The molecule has 0 fully saturated rings. The first kappa shape index (κ1) is 24.3. The van der Waals surface area contributed by atoms with Crippen LogP contribution in [0.3, 0.4) is 0 Å². The van der Waals surface area contributed by atoms with Crippen LogP contribution in [-0.2, 0) is 6.42 Å². The van der Waals surface area contributed by atoms with Gasteiger partial charge < -0.3 is 0 Å². The van der Waals surface area contributed by atoms with Gasteiger partial charge in [-0.25, -0.2) is 0 Å². The van der Waals surface area contributed by atoms with Gasteiger partial charge in [0.2, 0.25) is 16.7 Å². The molecule has 0 aliphatic rings. The Morgan fingerprint density at radius 3 is 1.05 bits per heavy atom.